The number of benzene rings is 5. The number of nitrogens with zero attached hydrogens (tertiary/aromatic N) is 8. The Labute approximate surface area is 383 Å². The highest BCUT2D eigenvalue weighted by atomic mass is 32.2. The largest absolute Gasteiger partial charge is 0.415 e. The minimum absolute atomic E-state index is 0.0320. The molecule has 0 radical (unpaired) electrons. The summed E-state index contributed by atoms with van der Waals surface area (Å²) in [6.45, 7) is 6.76. The van der Waals surface area contributed by atoms with Crippen molar-refractivity contribution in [3.05, 3.63) is 174 Å². The van der Waals surface area contributed by atoms with Crippen LogP contribution in [0.15, 0.2) is 154 Å². The van der Waals surface area contributed by atoms with Crippen LogP contribution >= 0.6 is 0 Å². The normalized spacial score (nSPS) is 13.3. The van der Waals surface area contributed by atoms with E-state index in [0.29, 0.717) is 53.3 Å². The predicted octanol–water partition coefficient (Wildman–Crippen LogP) is 9.13. The van der Waals surface area contributed by atoms with E-state index in [9.17, 15) is 38.8 Å². The number of para-hydroxylation sites is 2. The van der Waals surface area contributed by atoms with Crippen LogP contribution in [-0.4, -0.2) is 80.6 Å². The second-order valence-corrected chi connectivity index (χ2v) is 18.7. The standard InChI is InChI=1S/C28H28F3N5O3S.C18H15F2N3O3S/c29-23-10-12-24(13-11-23)35-16-14-34(15-17-35)18-19-40(37,38)36(25-4-2-1-3-5-25)20-21-6-8-22(9-7-21)27-32-33-28(39-27)26(30)31;1-2-27(24,25)23(15-6-4-3-5-7-15)12-13-8-10-14(11-9-13)17-21-22-18(26-17)16(19)20/h1-13,26H,14-20H2;2-11,16H,1,12H2. The Bertz CT molecular complexity index is 2910. The van der Waals surface area contributed by atoms with Gasteiger partial charge in [-0.2, -0.15) is 17.6 Å². The Morgan fingerprint density at radius 3 is 1.48 bits per heavy atom. The van der Waals surface area contributed by atoms with Crippen molar-refractivity contribution < 1.29 is 47.6 Å². The quantitative estimate of drug-likeness (QED) is 0.0799. The van der Waals surface area contributed by atoms with Crippen molar-refractivity contribution in [3.63, 3.8) is 0 Å². The molecule has 0 aliphatic carbocycles. The summed E-state index contributed by atoms with van der Waals surface area (Å²) in [5, 5.41) is 14.7. The van der Waals surface area contributed by atoms with Gasteiger partial charge < -0.3 is 13.7 Å². The van der Waals surface area contributed by atoms with Gasteiger partial charge in [-0.05, 0) is 83.9 Å². The van der Waals surface area contributed by atoms with Gasteiger partial charge >= 0.3 is 12.9 Å². The first-order chi connectivity index (χ1) is 32.2. The van der Waals surface area contributed by atoms with Crippen molar-refractivity contribution in [2.24, 2.45) is 0 Å². The number of hydrogen-bond acceptors (Lipinski definition) is 12. The lowest BCUT2D eigenvalue weighted by atomic mass is 10.1. The van der Waals surface area contributed by atoms with Crippen molar-refractivity contribution in [3.8, 4) is 22.9 Å². The van der Waals surface area contributed by atoms with E-state index in [-0.39, 0.29) is 36.4 Å². The summed E-state index contributed by atoms with van der Waals surface area (Å²) in [4.78, 5) is 4.28. The second-order valence-electron chi connectivity index (χ2n) is 14.9. The molecule has 0 spiro atoms. The lowest BCUT2D eigenvalue weighted by Crippen LogP contribution is -2.48. The number of alkyl halides is 4. The Kier molecular flexibility index (Phi) is 15.4. The fourth-order valence-corrected chi connectivity index (χ4v) is 9.33. The molecular formula is C46H43F5N8O6S2. The van der Waals surface area contributed by atoms with Gasteiger partial charge in [0, 0.05) is 54.9 Å². The maximum absolute atomic E-state index is 13.6. The SMILES string of the molecule is C=CS(=O)(=O)N(Cc1ccc(-c2nnc(C(F)F)o2)cc1)c1ccccc1.O=S(=O)(CCN1CCN(c2ccc(F)cc2)CC1)N(Cc1ccc(-c2nnc(C(F)F)o2)cc1)c1ccccc1. The first kappa shape index (κ1) is 48.0. The Hall–Kier alpha value is -6.97. The summed E-state index contributed by atoms with van der Waals surface area (Å²) in [5.41, 5.74) is 4.29. The van der Waals surface area contributed by atoms with Gasteiger partial charge in [0.1, 0.15) is 5.82 Å². The maximum atomic E-state index is 13.6. The third-order valence-electron chi connectivity index (χ3n) is 10.5. The minimum atomic E-state index is -3.71. The third-order valence-corrected chi connectivity index (χ3v) is 13.6. The third kappa shape index (κ3) is 12.5. The summed E-state index contributed by atoms with van der Waals surface area (Å²) >= 11 is 0. The van der Waals surface area contributed by atoms with E-state index in [1.807, 2.05) is 6.07 Å². The fraction of sp³-hybridized carbons (Fsp3) is 0.217. The van der Waals surface area contributed by atoms with Gasteiger partial charge in [-0.3, -0.25) is 13.5 Å². The van der Waals surface area contributed by atoms with Crippen LogP contribution in [0.4, 0.5) is 39.0 Å². The molecule has 21 heteroatoms. The molecule has 1 aliphatic rings. The zero-order valence-corrected chi connectivity index (χ0v) is 37.2. The summed E-state index contributed by atoms with van der Waals surface area (Å²) in [6.07, 6.45) is -5.70. The summed E-state index contributed by atoms with van der Waals surface area (Å²) in [7, 11) is -7.41. The smallest absolute Gasteiger partial charge is 0.314 e. The van der Waals surface area contributed by atoms with Crippen LogP contribution in [0.2, 0.25) is 0 Å². The Morgan fingerprint density at radius 2 is 1.04 bits per heavy atom. The molecule has 8 rings (SSSR count). The van der Waals surface area contributed by atoms with Gasteiger partial charge in [0.05, 0.1) is 30.2 Å². The molecule has 5 aromatic carbocycles. The fourth-order valence-electron chi connectivity index (χ4n) is 6.91. The van der Waals surface area contributed by atoms with Gasteiger partial charge in [-0.25, -0.2) is 21.2 Å². The van der Waals surface area contributed by atoms with Crippen molar-refractivity contribution in [2.45, 2.75) is 25.9 Å². The van der Waals surface area contributed by atoms with E-state index in [2.05, 4.69) is 36.8 Å². The number of anilines is 3. The van der Waals surface area contributed by atoms with E-state index < -0.39 is 44.7 Å². The van der Waals surface area contributed by atoms with E-state index >= 15 is 0 Å². The van der Waals surface area contributed by atoms with Crippen molar-refractivity contribution in [1.29, 1.82) is 0 Å². The van der Waals surface area contributed by atoms with Crippen molar-refractivity contribution in [1.82, 2.24) is 25.3 Å². The van der Waals surface area contributed by atoms with Crippen LogP contribution in [0.1, 0.15) is 35.8 Å². The zero-order valence-electron chi connectivity index (χ0n) is 35.5. The van der Waals surface area contributed by atoms with Gasteiger partial charge in [0.25, 0.3) is 21.8 Å². The lowest BCUT2D eigenvalue weighted by molar-refractivity contribution is 0.115. The molecule has 1 aliphatic heterocycles. The Morgan fingerprint density at radius 1 is 0.597 bits per heavy atom. The molecule has 1 fully saturated rings. The van der Waals surface area contributed by atoms with Crippen LogP contribution in [0.3, 0.4) is 0 Å². The molecule has 3 heterocycles. The predicted molar refractivity (Wildman–Crippen MR) is 243 cm³/mol. The number of rotatable bonds is 17. The van der Waals surface area contributed by atoms with Crippen LogP contribution in [0.5, 0.6) is 0 Å². The van der Waals surface area contributed by atoms with E-state index in [1.165, 1.54) is 20.7 Å². The topological polar surface area (TPSA) is 159 Å². The van der Waals surface area contributed by atoms with Crippen molar-refractivity contribution >= 4 is 37.1 Å². The minimum Gasteiger partial charge on any atom is -0.415 e. The molecule has 14 nitrogen and oxygen atoms in total. The van der Waals surface area contributed by atoms with Gasteiger partial charge in [0.2, 0.25) is 21.8 Å². The van der Waals surface area contributed by atoms with Crippen LogP contribution in [0, 0.1) is 5.82 Å². The van der Waals surface area contributed by atoms with Crippen LogP contribution in [0.25, 0.3) is 22.9 Å². The monoisotopic (exact) mass is 962 g/mol. The van der Waals surface area contributed by atoms with Crippen LogP contribution in [-0.2, 0) is 33.1 Å². The molecule has 0 unspecified atom stereocenters. The lowest BCUT2D eigenvalue weighted by Gasteiger charge is -2.36. The average molecular weight is 963 g/mol. The van der Waals surface area contributed by atoms with E-state index in [4.69, 9.17) is 8.83 Å². The molecule has 0 atom stereocenters. The summed E-state index contributed by atoms with van der Waals surface area (Å²) in [6, 6.07) is 37.1. The van der Waals surface area contributed by atoms with Crippen LogP contribution < -0.4 is 13.5 Å². The second kappa shape index (κ2) is 21.6. The molecule has 0 amide bonds. The van der Waals surface area contributed by atoms with Gasteiger partial charge in [-0.1, -0.05) is 67.2 Å². The molecule has 350 valence electrons. The van der Waals surface area contributed by atoms with Gasteiger partial charge in [0.15, 0.2) is 0 Å². The highest BCUT2D eigenvalue weighted by molar-refractivity contribution is 7.95. The number of aromatic nitrogens is 4. The van der Waals surface area contributed by atoms with Gasteiger partial charge in [-0.15, -0.1) is 20.4 Å². The highest BCUT2D eigenvalue weighted by Crippen LogP contribution is 2.28. The molecule has 7 aromatic rings. The Balaban J connectivity index is 0.000000215. The first-order valence-corrected chi connectivity index (χ1v) is 23.7. The molecule has 0 N–H and O–H groups in total. The zero-order chi connectivity index (χ0) is 47.6. The number of hydrogen-bond donors (Lipinski definition) is 0. The molecule has 2 aromatic heterocycles. The first-order valence-electron chi connectivity index (χ1n) is 20.6. The number of sulfonamides is 2. The van der Waals surface area contributed by atoms with Crippen molar-refractivity contribution in [2.75, 3.05) is 52.0 Å². The molecule has 67 heavy (non-hydrogen) atoms. The maximum Gasteiger partial charge on any atom is 0.314 e. The number of halogens is 5. The van der Waals surface area contributed by atoms with E-state index in [1.54, 1.807) is 115 Å². The number of piperazine rings is 1. The van der Waals surface area contributed by atoms with E-state index in [0.717, 1.165) is 24.2 Å². The molecule has 0 bridgehead atoms. The molecular weight excluding hydrogens is 920 g/mol. The molecule has 0 saturated carbocycles. The molecule has 1 saturated heterocycles. The summed E-state index contributed by atoms with van der Waals surface area (Å²) < 4.78 is 128. The average Bonchev–Trinajstić information content (AvgIpc) is 4.06. The highest BCUT2D eigenvalue weighted by Gasteiger charge is 2.26. The summed E-state index contributed by atoms with van der Waals surface area (Å²) in [5.74, 6) is -1.90.